The molecule has 0 aliphatic heterocycles. The SMILES string of the molecule is CCNCC(c1ccc(OC)cc1)N(C)C. The number of hydrogen-bond acceptors (Lipinski definition) is 3. The summed E-state index contributed by atoms with van der Waals surface area (Å²) in [6.45, 7) is 4.09. The lowest BCUT2D eigenvalue weighted by molar-refractivity contribution is 0.290. The third-order valence-corrected chi connectivity index (χ3v) is 2.71. The second-order valence-corrected chi connectivity index (χ2v) is 4.06. The van der Waals surface area contributed by atoms with Crippen LogP contribution >= 0.6 is 0 Å². The van der Waals surface area contributed by atoms with E-state index < -0.39 is 0 Å². The van der Waals surface area contributed by atoms with Crippen molar-refractivity contribution in [2.75, 3.05) is 34.3 Å². The molecule has 90 valence electrons. The number of hydrogen-bond donors (Lipinski definition) is 1. The molecular weight excluding hydrogens is 200 g/mol. The van der Waals surface area contributed by atoms with Crippen molar-refractivity contribution >= 4 is 0 Å². The average molecular weight is 222 g/mol. The number of nitrogens with zero attached hydrogens (tertiary/aromatic N) is 1. The van der Waals surface area contributed by atoms with Gasteiger partial charge in [-0.15, -0.1) is 0 Å². The molecule has 3 nitrogen and oxygen atoms in total. The Morgan fingerprint density at radius 2 is 1.88 bits per heavy atom. The van der Waals surface area contributed by atoms with E-state index in [0.29, 0.717) is 6.04 Å². The third-order valence-electron chi connectivity index (χ3n) is 2.71. The molecule has 0 aliphatic rings. The minimum absolute atomic E-state index is 0.408. The summed E-state index contributed by atoms with van der Waals surface area (Å²) in [5.74, 6) is 0.907. The molecule has 1 unspecified atom stereocenters. The van der Waals surface area contributed by atoms with Crippen LogP contribution in [0.1, 0.15) is 18.5 Å². The van der Waals surface area contributed by atoms with Crippen molar-refractivity contribution in [1.29, 1.82) is 0 Å². The summed E-state index contributed by atoms with van der Waals surface area (Å²) in [7, 11) is 5.90. The van der Waals surface area contributed by atoms with Crippen LogP contribution in [-0.2, 0) is 0 Å². The van der Waals surface area contributed by atoms with Crippen LogP contribution in [0.5, 0.6) is 5.75 Å². The maximum absolute atomic E-state index is 5.16. The minimum Gasteiger partial charge on any atom is -0.497 e. The molecule has 1 rings (SSSR count). The van der Waals surface area contributed by atoms with Crippen molar-refractivity contribution < 1.29 is 4.74 Å². The Kier molecular flexibility index (Phi) is 5.29. The second kappa shape index (κ2) is 6.51. The lowest BCUT2D eigenvalue weighted by atomic mass is 10.1. The third kappa shape index (κ3) is 3.51. The van der Waals surface area contributed by atoms with E-state index >= 15 is 0 Å². The summed E-state index contributed by atoms with van der Waals surface area (Å²) in [6.07, 6.45) is 0. The van der Waals surface area contributed by atoms with Gasteiger partial charge in [-0.25, -0.2) is 0 Å². The molecule has 0 bridgehead atoms. The highest BCUT2D eigenvalue weighted by molar-refractivity contribution is 5.29. The fourth-order valence-electron chi connectivity index (χ4n) is 1.71. The Balaban J connectivity index is 2.75. The van der Waals surface area contributed by atoms with Gasteiger partial charge in [-0.05, 0) is 38.3 Å². The summed E-state index contributed by atoms with van der Waals surface area (Å²) in [5, 5.41) is 3.38. The highest BCUT2D eigenvalue weighted by Crippen LogP contribution is 2.20. The first-order valence-corrected chi connectivity index (χ1v) is 5.70. The van der Waals surface area contributed by atoms with Crippen molar-refractivity contribution in [2.24, 2.45) is 0 Å². The molecule has 0 aliphatic carbocycles. The number of ether oxygens (including phenoxy) is 1. The zero-order valence-corrected chi connectivity index (χ0v) is 10.7. The van der Waals surface area contributed by atoms with E-state index in [9.17, 15) is 0 Å². The van der Waals surface area contributed by atoms with Gasteiger partial charge in [0, 0.05) is 12.6 Å². The Hall–Kier alpha value is -1.06. The number of nitrogens with one attached hydrogen (secondary N) is 1. The topological polar surface area (TPSA) is 24.5 Å². The van der Waals surface area contributed by atoms with E-state index in [4.69, 9.17) is 4.74 Å². The van der Waals surface area contributed by atoms with Crippen LogP contribution in [0.15, 0.2) is 24.3 Å². The molecule has 0 radical (unpaired) electrons. The Morgan fingerprint density at radius 1 is 1.25 bits per heavy atom. The van der Waals surface area contributed by atoms with Gasteiger partial charge in [-0.1, -0.05) is 19.1 Å². The number of rotatable bonds is 6. The van der Waals surface area contributed by atoms with Gasteiger partial charge in [0.2, 0.25) is 0 Å². The van der Waals surface area contributed by atoms with Gasteiger partial charge in [0.15, 0.2) is 0 Å². The Morgan fingerprint density at radius 3 is 2.31 bits per heavy atom. The van der Waals surface area contributed by atoms with E-state index in [1.807, 2.05) is 12.1 Å². The van der Waals surface area contributed by atoms with Gasteiger partial charge in [0.05, 0.1) is 7.11 Å². The first kappa shape index (κ1) is 13.0. The van der Waals surface area contributed by atoms with Gasteiger partial charge < -0.3 is 15.0 Å². The average Bonchev–Trinajstić information content (AvgIpc) is 2.30. The van der Waals surface area contributed by atoms with E-state index in [-0.39, 0.29) is 0 Å². The minimum atomic E-state index is 0.408. The van der Waals surface area contributed by atoms with Crippen LogP contribution in [0.25, 0.3) is 0 Å². The summed E-state index contributed by atoms with van der Waals surface area (Å²) < 4.78 is 5.16. The van der Waals surface area contributed by atoms with E-state index in [1.54, 1.807) is 7.11 Å². The fourth-order valence-corrected chi connectivity index (χ4v) is 1.71. The number of benzene rings is 1. The maximum Gasteiger partial charge on any atom is 0.118 e. The lowest BCUT2D eigenvalue weighted by Gasteiger charge is -2.25. The normalized spacial score (nSPS) is 12.8. The van der Waals surface area contributed by atoms with Crippen molar-refractivity contribution in [3.05, 3.63) is 29.8 Å². The highest BCUT2D eigenvalue weighted by Gasteiger charge is 2.12. The lowest BCUT2D eigenvalue weighted by Crippen LogP contribution is -2.30. The molecule has 1 aromatic carbocycles. The standard InChI is InChI=1S/C13H22N2O/c1-5-14-10-13(15(2)3)11-6-8-12(16-4)9-7-11/h6-9,13-14H,5,10H2,1-4H3. The Bertz CT molecular complexity index is 295. The molecule has 1 atom stereocenters. The van der Waals surface area contributed by atoms with Crippen molar-refractivity contribution in [1.82, 2.24) is 10.2 Å². The van der Waals surface area contributed by atoms with Crippen LogP contribution < -0.4 is 10.1 Å². The van der Waals surface area contributed by atoms with Gasteiger partial charge >= 0.3 is 0 Å². The largest absolute Gasteiger partial charge is 0.497 e. The summed E-state index contributed by atoms with van der Waals surface area (Å²) in [6, 6.07) is 8.68. The van der Waals surface area contributed by atoms with Gasteiger partial charge in [0.25, 0.3) is 0 Å². The molecule has 1 aromatic rings. The number of methoxy groups -OCH3 is 1. The van der Waals surface area contributed by atoms with Crippen LogP contribution in [0.3, 0.4) is 0 Å². The highest BCUT2D eigenvalue weighted by atomic mass is 16.5. The molecule has 3 heteroatoms. The number of likely N-dealkylation sites (N-methyl/N-ethyl adjacent to an activating group) is 2. The van der Waals surface area contributed by atoms with Crippen molar-refractivity contribution in [3.63, 3.8) is 0 Å². The zero-order valence-electron chi connectivity index (χ0n) is 10.7. The monoisotopic (exact) mass is 222 g/mol. The van der Waals surface area contributed by atoms with Crippen LogP contribution in [0.4, 0.5) is 0 Å². The molecule has 0 spiro atoms. The smallest absolute Gasteiger partial charge is 0.118 e. The first-order chi connectivity index (χ1) is 7.69. The van der Waals surface area contributed by atoms with Crippen molar-refractivity contribution in [3.8, 4) is 5.75 Å². The summed E-state index contributed by atoms with van der Waals surface area (Å²) in [4.78, 5) is 2.23. The molecule has 0 saturated carbocycles. The van der Waals surface area contributed by atoms with Gasteiger partial charge in [0.1, 0.15) is 5.75 Å². The van der Waals surface area contributed by atoms with Crippen molar-refractivity contribution in [2.45, 2.75) is 13.0 Å². The van der Waals surface area contributed by atoms with Crippen LogP contribution in [-0.4, -0.2) is 39.2 Å². The van der Waals surface area contributed by atoms with E-state index in [1.165, 1.54) is 5.56 Å². The maximum atomic E-state index is 5.16. The van der Waals surface area contributed by atoms with Gasteiger partial charge in [-0.3, -0.25) is 0 Å². The second-order valence-electron chi connectivity index (χ2n) is 4.06. The predicted molar refractivity (Wildman–Crippen MR) is 68.0 cm³/mol. The molecule has 1 N–H and O–H groups in total. The molecule has 0 aromatic heterocycles. The zero-order chi connectivity index (χ0) is 12.0. The van der Waals surface area contributed by atoms with Crippen LogP contribution in [0.2, 0.25) is 0 Å². The first-order valence-electron chi connectivity index (χ1n) is 5.70. The van der Waals surface area contributed by atoms with Gasteiger partial charge in [-0.2, -0.15) is 0 Å². The molecule has 16 heavy (non-hydrogen) atoms. The predicted octanol–water partition coefficient (Wildman–Crippen LogP) is 1.91. The summed E-state index contributed by atoms with van der Waals surface area (Å²) in [5.41, 5.74) is 1.31. The molecule has 0 fully saturated rings. The van der Waals surface area contributed by atoms with Crippen LogP contribution in [0, 0.1) is 0 Å². The summed E-state index contributed by atoms with van der Waals surface area (Å²) >= 11 is 0. The molecular formula is C13H22N2O. The van der Waals surface area contributed by atoms with E-state index in [2.05, 4.69) is 43.4 Å². The molecule has 0 amide bonds. The Labute approximate surface area is 98.4 Å². The molecule has 0 heterocycles. The van der Waals surface area contributed by atoms with E-state index in [0.717, 1.165) is 18.8 Å². The quantitative estimate of drug-likeness (QED) is 0.795. The fraction of sp³-hybridized carbons (Fsp3) is 0.538. The molecule has 0 saturated heterocycles.